The fourth-order valence-electron chi connectivity index (χ4n) is 2.54. The fraction of sp³-hybridized carbons (Fsp3) is 0.467. The molecule has 0 spiro atoms. The Balaban J connectivity index is 1.67. The molecule has 5 heteroatoms. The van der Waals surface area contributed by atoms with Crippen molar-refractivity contribution in [2.45, 2.75) is 38.8 Å². The number of carboxylic acids is 1. The lowest BCUT2D eigenvalue weighted by Crippen LogP contribution is -2.32. The molecule has 3 rings (SSSR count). The number of aromatic nitrogens is 1. The van der Waals surface area contributed by atoms with Crippen LogP contribution in [-0.2, 0) is 11.3 Å². The predicted molar refractivity (Wildman–Crippen MR) is 80.0 cm³/mol. The molecule has 1 heterocycles. The van der Waals surface area contributed by atoms with Gasteiger partial charge in [-0.3, -0.25) is 4.79 Å². The van der Waals surface area contributed by atoms with E-state index in [1.807, 2.05) is 13.0 Å². The molecule has 0 amide bonds. The van der Waals surface area contributed by atoms with Crippen LogP contribution in [-0.4, -0.2) is 22.1 Å². The molecule has 20 heavy (non-hydrogen) atoms. The third-order valence-corrected chi connectivity index (χ3v) is 4.65. The normalized spacial score (nSPS) is 16.4. The van der Waals surface area contributed by atoms with E-state index >= 15 is 0 Å². The second-order valence-corrected chi connectivity index (χ2v) is 6.69. The quantitative estimate of drug-likeness (QED) is 0.858. The Labute approximate surface area is 121 Å². The van der Waals surface area contributed by atoms with Crippen molar-refractivity contribution in [2.75, 3.05) is 0 Å². The van der Waals surface area contributed by atoms with Crippen LogP contribution in [0.1, 0.15) is 29.8 Å². The number of carboxylic acid groups (broad SMARTS) is 1. The summed E-state index contributed by atoms with van der Waals surface area (Å²) in [6.07, 6.45) is 2.52. The molecule has 1 aromatic carbocycles. The number of aliphatic carboxylic acids is 1. The van der Waals surface area contributed by atoms with Crippen molar-refractivity contribution in [1.29, 1.82) is 0 Å². The number of hydrogen-bond donors (Lipinski definition) is 2. The minimum Gasteiger partial charge on any atom is -0.481 e. The number of nitrogens with one attached hydrogen (secondary N) is 1. The Bertz CT molecular complexity index is 634. The van der Waals surface area contributed by atoms with Crippen LogP contribution < -0.4 is 5.32 Å². The summed E-state index contributed by atoms with van der Waals surface area (Å²) in [4.78, 5) is 15.3. The first-order chi connectivity index (χ1) is 9.61. The molecule has 0 unspecified atom stereocenters. The Morgan fingerprint density at radius 3 is 3.05 bits per heavy atom. The summed E-state index contributed by atoms with van der Waals surface area (Å²) >= 11 is 1.70. The van der Waals surface area contributed by atoms with E-state index in [0.717, 1.165) is 29.9 Å². The van der Waals surface area contributed by atoms with Gasteiger partial charge in [0.1, 0.15) is 0 Å². The van der Waals surface area contributed by atoms with Gasteiger partial charge in [-0.05, 0) is 43.4 Å². The van der Waals surface area contributed by atoms with Gasteiger partial charge in [-0.15, -0.1) is 11.3 Å². The molecule has 2 N–H and O–H groups in total. The first-order valence-corrected chi connectivity index (χ1v) is 7.75. The highest BCUT2D eigenvalue weighted by molar-refractivity contribution is 7.18. The van der Waals surface area contributed by atoms with Crippen molar-refractivity contribution in [1.82, 2.24) is 10.3 Å². The van der Waals surface area contributed by atoms with Crippen molar-refractivity contribution in [3.8, 4) is 0 Å². The standard InChI is InChI=1S/C15H18N2O2S/c1-9-17-12-5-2-10(6-14(12)20-9)8-16-13(7-15(18)19)11-3-4-11/h2,5-6,11,13,16H,3-4,7-8H2,1H3,(H,18,19)/t13-/m1/s1. The van der Waals surface area contributed by atoms with Crippen LogP contribution in [0.15, 0.2) is 18.2 Å². The van der Waals surface area contributed by atoms with Gasteiger partial charge in [0, 0.05) is 12.6 Å². The van der Waals surface area contributed by atoms with Crippen molar-refractivity contribution in [2.24, 2.45) is 5.92 Å². The molecule has 4 nitrogen and oxygen atoms in total. The molecule has 1 atom stereocenters. The van der Waals surface area contributed by atoms with E-state index in [-0.39, 0.29) is 12.5 Å². The lowest BCUT2D eigenvalue weighted by molar-refractivity contribution is -0.137. The van der Waals surface area contributed by atoms with Gasteiger partial charge in [-0.1, -0.05) is 6.07 Å². The summed E-state index contributed by atoms with van der Waals surface area (Å²) in [5, 5.41) is 13.4. The van der Waals surface area contributed by atoms with E-state index in [1.165, 1.54) is 10.3 Å². The van der Waals surface area contributed by atoms with Crippen molar-refractivity contribution in [3.63, 3.8) is 0 Å². The van der Waals surface area contributed by atoms with Crippen LogP contribution in [0.25, 0.3) is 10.2 Å². The first kappa shape index (κ1) is 13.5. The van der Waals surface area contributed by atoms with Crippen LogP contribution in [0, 0.1) is 12.8 Å². The maximum absolute atomic E-state index is 10.9. The maximum Gasteiger partial charge on any atom is 0.304 e. The molecule has 0 radical (unpaired) electrons. The van der Waals surface area contributed by atoms with Gasteiger partial charge < -0.3 is 10.4 Å². The van der Waals surface area contributed by atoms with Crippen LogP contribution in [0.5, 0.6) is 0 Å². The highest BCUT2D eigenvalue weighted by atomic mass is 32.1. The van der Waals surface area contributed by atoms with E-state index < -0.39 is 5.97 Å². The lowest BCUT2D eigenvalue weighted by atomic mass is 10.1. The lowest BCUT2D eigenvalue weighted by Gasteiger charge is -2.16. The molecule has 1 saturated carbocycles. The minimum absolute atomic E-state index is 0.103. The third-order valence-electron chi connectivity index (χ3n) is 3.71. The molecule has 106 valence electrons. The fourth-order valence-corrected chi connectivity index (χ4v) is 3.43. The summed E-state index contributed by atoms with van der Waals surface area (Å²) in [6, 6.07) is 6.36. The molecule has 1 aliphatic carbocycles. The maximum atomic E-state index is 10.9. The van der Waals surface area contributed by atoms with E-state index in [4.69, 9.17) is 5.11 Å². The van der Waals surface area contributed by atoms with Crippen LogP contribution in [0.4, 0.5) is 0 Å². The summed E-state index contributed by atoms with van der Waals surface area (Å²) in [5.41, 5.74) is 2.23. The summed E-state index contributed by atoms with van der Waals surface area (Å²) in [5.74, 6) is -0.177. The van der Waals surface area contributed by atoms with Gasteiger partial charge in [0.2, 0.25) is 0 Å². The van der Waals surface area contributed by atoms with Gasteiger partial charge in [0.25, 0.3) is 0 Å². The van der Waals surface area contributed by atoms with E-state index in [9.17, 15) is 4.79 Å². The van der Waals surface area contributed by atoms with Gasteiger partial charge in [0.15, 0.2) is 0 Å². The molecule has 0 saturated heterocycles. The number of carbonyl (C=O) groups is 1. The smallest absolute Gasteiger partial charge is 0.304 e. The van der Waals surface area contributed by atoms with E-state index in [0.29, 0.717) is 5.92 Å². The number of benzene rings is 1. The molecule has 0 aliphatic heterocycles. The van der Waals surface area contributed by atoms with Gasteiger partial charge >= 0.3 is 5.97 Å². The zero-order valence-corrected chi connectivity index (χ0v) is 12.2. The number of hydrogen-bond acceptors (Lipinski definition) is 4. The van der Waals surface area contributed by atoms with Gasteiger partial charge in [-0.25, -0.2) is 4.98 Å². The third kappa shape index (κ3) is 3.16. The summed E-state index contributed by atoms with van der Waals surface area (Å²) in [7, 11) is 0. The zero-order chi connectivity index (χ0) is 14.1. The highest BCUT2D eigenvalue weighted by Gasteiger charge is 2.32. The molecule has 1 fully saturated rings. The number of aryl methyl sites for hydroxylation is 1. The first-order valence-electron chi connectivity index (χ1n) is 6.93. The zero-order valence-electron chi connectivity index (χ0n) is 11.4. The number of fused-ring (bicyclic) bond motifs is 1. The number of rotatable bonds is 6. The Kier molecular flexibility index (Phi) is 3.72. The van der Waals surface area contributed by atoms with Gasteiger partial charge in [0.05, 0.1) is 21.6 Å². The molecule has 1 aliphatic rings. The average molecular weight is 290 g/mol. The van der Waals surface area contributed by atoms with E-state index in [2.05, 4.69) is 22.4 Å². The number of thiazole rings is 1. The highest BCUT2D eigenvalue weighted by Crippen LogP contribution is 2.34. The van der Waals surface area contributed by atoms with Crippen LogP contribution in [0.3, 0.4) is 0 Å². The average Bonchev–Trinajstić information content (AvgIpc) is 3.15. The Hall–Kier alpha value is -1.46. The van der Waals surface area contributed by atoms with Crippen LogP contribution >= 0.6 is 11.3 Å². The van der Waals surface area contributed by atoms with Gasteiger partial charge in [-0.2, -0.15) is 0 Å². The predicted octanol–water partition coefficient (Wildman–Crippen LogP) is 2.95. The minimum atomic E-state index is -0.720. The summed E-state index contributed by atoms with van der Waals surface area (Å²) < 4.78 is 1.20. The summed E-state index contributed by atoms with van der Waals surface area (Å²) in [6.45, 7) is 2.74. The molecular formula is C15H18N2O2S. The SMILES string of the molecule is Cc1nc2ccc(CN[C@H](CC(=O)O)C3CC3)cc2s1. The number of nitrogens with zero attached hydrogens (tertiary/aromatic N) is 1. The molecule has 1 aromatic heterocycles. The van der Waals surface area contributed by atoms with Crippen LogP contribution in [0.2, 0.25) is 0 Å². The largest absolute Gasteiger partial charge is 0.481 e. The second-order valence-electron chi connectivity index (χ2n) is 5.46. The van der Waals surface area contributed by atoms with Crippen molar-refractivity contribution >= 4 is 27.5 Å². The molecular weight excluding hydrogens is 272 g/mol. The van der Waals surface area contributed by atoms with Crippen molar-refractivity contribution in [3.05, 3.63) is 28.8 Å². The second kappa shape index (κ2) is 5.50. The molecule has 2 aromatic rings. The Morgan fingerprint density at radius 2 is 2.35 bits per heavy atom. The topological polar surface area (TPSA) is 62.2 Å². The monoisotopic (exact) mass is 290 g/mol. The molecule has 0 bridgehead atoms. The Morgan fingerprint density at radius 1 is 1.55 bits per heavy atom. The van der Waals surface area contributed by atoms with E-state index in [1.54, 1.807) is 11.3 Å². The van der Waals surface area contributed by atoms with Crippen molar-refractivity contribution < 1.29 is 9.90 Å².